The summed E-state index contributed by atoms with van der Waals surface area (Å²) in [5.41, 5.74) is 0. The first kappa shape index (κ1) is 71.3. The largest absolute Gasteiger partial charge is 0.394 e. The zero-order chi connectivity index (χ0) is 57.6. The topological polar surface area (TPSA) is 307 Å². The predicted octanol–water partition coefficient (Wildman–Crippen LogP) is 5.71. The summed E-state index contributed by atoms with van der Waals surface area (Å²) >= 11 is 0. The van der Waals surface area contributed by atoms with Crippen molar-refractivity contribution < 1.29 is 89.4 Å². The molecule has 1 amide bonds. The SMILES string of the molecule is CC/C=C\C/C=C\C/C=C\CCCCCCCC(=O)NC(COC1OC(CO)C(OC2OC(CO)C(OC3OC(CO)C(O)C(O)C3O)C(O)C2O)C(O)C1O)C(O)CCCCCCCCCCCCCCCCCCCCC. The number of rotatable bonds is 45. The summed E-state index contributed by atoms with van der Waals surface area (Å²) in [6.45, 7) is 1.66. The van der Waals surface area contributed by atoms with Crippen molar-refractivity contribution in [3.8, 4) is 0 Å². The number of carbonyl (C=O) groups is 1. The first-order valence-corrected chi connectivity index (χ1v) is 30.7. The molecule has 19 heteroatoms. The van der Waals surface area contributed by atoms with E-state index in [0.29, 0.717) is 12.8 Å². The fraction of sp³-hybridized carbons (Fsp3) is 0.883. The molecule has 0 aromatic rings. The third-order valence-corrected chi connectivity index (χ3v) is 15.5. The van der Waals surface area contributed by atoms with Crippen LogP contribution in [0.2, 0.25) is 0 Å². The molecule has 3 saturated heterocycles. The molecule has 3 fully saturated rings. The van der Waals surface area contributed by atoms with E-state index in [9.17, 15) is 61.0 Å². The second-order valence-electron chi connectivity index (χ2n) is 22.1. The molecule has 3 heterocycles. The van der Waals surface area contributed by atoms with E-state index in [4.69, 9.17) is 28.4 Å². The standard InChI is InChI=1S/C60H109NO18/c1-3-5-7-9-11-13-15-17-19-20-21-22-24-25-27-29-31-33-35-37-44(65)43(61-48(66)38-36-34-32-30-28-26-23-18-16-14-12-10-8-6-4-2)42-74-58-54(72)51(69)56(46(40-63)76-58)79-60-55(73)52(70)57(47(41-64)77-60)78-59-53(71)50(68)49(67)45(39-62)75-59/h6,8,12,14,18,23,43-47,49-60,62-65,67-73H,3-5,7,9-11,13,15-17,19-22,24-42H2,1-2H3,(H,61,66)/b8-6-,14-12-,23-18-. The van der Waals surface area contributed by atoms with Gasteiger partial charge >= 0.3 is 0 Å². The van der Waals surface area contributed by atoms with Crippen LogP contribution < -0.4 is 5.32 Å². The van der Waals surface area contributed by atoms with Gasteiger partial charge in [-0.2, -0.15) is 0 Å². The molecule has 0 radical (unpaired) electrons. The molecule has 79 heavy (non-hydrogen) atoms. The molecule has 3 aliphatic heterocycles. The van der Waals surface area contributed by atoms with Crippen LogP contribution in [0, 0.1) is 0 Å². The number of aliphatic hydroxyl groups excluding tert-OH is 11. The number of amides is 1. The van der Waals surface area contributed by atoms with Gasteiger partial charge in [-0.25, -0.2) is 0 Å². The van der Waals surface area contributed by atoms with Crippen LogP contribution in [0.1, 0.15) is 206 Å². The minimum atomic E-state index is -1.97. The Hall–Kier alpha value is -1.99. The Morgan fingerprint density at radius 3 is 1.37 bits per heavy atom. The summed E-state index contributed by atoms with van der Waals surface area (Å²) in [6, 6.07) is -0.896. The molecule has 0 saturated carbocycles. The summed E-state index contributed by atoms with van der Waals surface area (Å²) in [6.07, 6.45) is 19.4. The molecule has 0 bridgehead atoms. The molecule has 17 atom stereocenters. The molecule has 0 aromatic carbocycles. The Bertz CT molecular complexity index is 1590. The van der Waals surface area contributed by atoms with Gasteiger partial charge in [-0.1, -0.05) is 192 Å². The number of ether oxygens (including phenoxy) is 6. The second-order valence-corrected chi connectivity index (χ2v) is 22.1. The summed E-state index contributed by atoms with van der Waals surface area (Å²) in [5.74, 6) is -0.260. The molecule has 3 aliphatic rings. The molecule has 0 spiro atoms. The van der Waals surface area contributed by atoms with E-state index in [0.717, 1.165) is 77.0 Å². The zero-order valence-electron chi connectivity index (χ0n) is 48.1. The van der Waals surface area contributed by atoms with Crippen molar-refractivity contribution in [2.45, 2.75) is 311 Å². The number of aliphatic hydroxyl groups is 11. The maximum Gasteiger partial charge on any atom is 0.220 e. The summed E-state index contributed by atoms with van der Waals surface area (Å²) in [5, 5.41) is 120. The van der Waals surface area contributed by atoms with E-state index in [1.807, 2.05) is 0 Å². The normalized spacial score (nSPS) is 30.5. The third kappa shape index (κ3) is 27.5. The fourth-order valence-electron chi connectivity index (χ4n) is 10.4. The smallest absolute Gasteiger partial charge is 0.220 e. The van der Waals surface area contributed by atoms with E-state index in [1.54, 1.807) is 0 Å². The van der Waals surface area contributed by atoms with Crippen LogP contribution in [0.3, 0.4) is 0 Å². The average Bonchev–Trinajstić information content (AvgIpc) is 3.47. The van der Waals surface area contributed by atoms with E-state index < -0.39 is 124 Å². The number of hydrogen-bond donors (Lipinski definition) is 12. The lowest BCUT2D eigenvalue weighted by molar-refractivity contribution is -0.379. The van der Waals surface area contributed by atoms with Gasteiger partial charge in [0.05, 0.1) is 38.6 Å². The Kier molecular flexibility index (Phi) is 39.4. The van der Waals surface area contributed by atoms with Gasteiger partial charge in [0, 0.05) is 6.42 Å². The van der Waals surface area contributed by atoms with Gasteiger partial charge < -0.3 is 89.9 Å². The van der Waals surface area contributed by atoms with Gasteiger partial charge in [0.15, 0.2) is 18.9 Å². The van der Waals surface area contributed by atoms with Crippen LogP contribution in [0.4, 0.5) is 0 Å². The molecule has 0 aromatic heterocycles. The lowest BCUT2D eigenvalue weighted by Gasteiger charge is -2.48. The minimum Gasteiger partial charge on any atom is -0.394 e. The van der Waals surface area contributed by atoms with E-state index in [1.165, 1.54) is 96.3 Å². The Balaban J connectivity index is 1.49. The maximum absolute atomic E-state index is 13.3. The molecule has 12 N–H and O–H groups in total. The van der Waals surface area contributed by atoms with Crippen LogP contribution in [0.5, 0.6) is 0 Å². The molecule has 19 nitrogen and oxygen atoms in total. The number of hydrogen-bond acceptors (Lipinski definition) is 18. The minimum absolute atomic E-state index is 0.247. The molecule has 462 valence electrons. The molecule has 0 aliphatic carbocycles. The Labute approximate surface area is 472 Å². The monoisotopic (exact) mass is 1130 g/mol. The van der Waals surface area contributed by atoms with Crippen molar-refractivity contribution in [1.29, 1.82) is 0 Å². The van der Waals surface area contributed by atoms with Gasteiger partial charge in [-0.3, -0.25) is 4.79 Å². The average molecular weight is 1130 g/mol. The fourth-order valence-corrected chi connectivity index (χ4v) is 10.4. The predicted molar refractivity (Wildman–Crippen MR) is 300 cm³/mol. The quantitative estimate of drug-likeness (QED) is 0.0257. The third-order valence-electron chi connectivity index (χ3n) is 15.5. The lowest BCUT2D eigenvalue weighted by Crippen LogP contribution is -2.66. The first-order valence-electron chi connectivity index (χ1n) is 30.7. The second kappa shape index (κ2) is 43.6. The summed E-state index contributed by atoms with van der Waals surface area (Å²) < 4.78 is 34.3. The van der Waals surface area contributed by atoms with Crippen LogP contribution in [-0.2, 0) is 33.2 Å². The molecule has 17 unspecified atom stereocenters. The number of unbranched alkanes of at least 4 members (excludes halogenated alkanes) is 23. The van der Waals surface area contributed by atoms with E-state index in [-0.39, 0.29) is 18.9 Å². The van der Waals surface area contributed by atoms with E-state index >= 15 is 0 Å². The van der Waals surface area contributed by atoms with Crippen molar-refractivity contribution in [3.63, 3.8) is 0 Å². The Morgan fingerprint density at radius 1 is 0.468 bits per heavy atom. The van der Waals surface area contributed by atoms with Crippen molar-refractivity contribution in [2.24, 2.45) is 0 Å². The molecular weight excluding hydrogens is 1020 g/mol. The molecule has 3 rings (SSSR count). The van der Waals surface area contributed by atoms with Crippen molar-refractivity contribution in [2.75, 3.05) is 26.4 Å². The highest BCUT2D eigenvalue weighted by molar-refractivity contribution is 5.76. The highest BCUT2D eigenvalue weighted by atomic mass is 16.8. The summed E-state index contributed by atoms with van der Waals surface area (Å²) in [4.78, 5) is 13.3. The van der Waals surface area contributed by atoms with Crippen molar-refractivity contribution >= 4 is 5.91 Å². The van der Waals surface area contributed by atoms with Gasteiger partial charge in [-0.15, -0.1) is 0 Å². The van der Waals surface area contributed by atoms with Crippen molar-refractivity contribution in [1.82, 2.24) is 5.32 Å². The van der Waals surface area contributed by atoms with Crippen molar-refractivity contribution in [3.05, 3.63) is 36.5 Å². The van der Waals surface area contributed by atoms with Gasteiger partial charge in [0.1, 0.15) is 73.2 Å². The van der Waals surface area contributed by atoms with Crippen LogP contribution in [0.25, 0.3) is 0 Å². The molecular formula is C60H109NO18. The zero-order valence-corrected chi connectivity index (χ0v) is 48.1. The summed E-state index contributed by atoms with van der Waals surface area (Å²) in [7, 11) is 0. The lowest BCUT2D eigenvalue weighted by atomic mass is 9.96. The van der Waals surface area contributed by atoms with Crippen LogP contribution >= 0.6 is 0 Å². The van der Waals surface area contributed by atoms with Crippen LogP contribution in [0.15, 0.2) is 36.5 Å². The van der Waals surface area contributed by atoms with Crippen LogP contribution in [-0.4, -0.2) is 193 Å². The van der Waals surface area contributed by atoms with E-state index in [2.05, 4.69) is 55.6 Å². The van der Waals surface area contributed by atoms with Gasteiger partial charge in [0.2, 0.25) is 5.91 Å². The highest BCUT2D eigenvalue weighted by Gasteiger charge is 2.53. The Morgan fingerprint density at radius 2 is 0.873 bits per heavy atom. The number of carbonyl (C=O) groups excluding carboxylic acids is 1. The number of allylic oxidation sites excluding steroid dienone is 6. The highest BCUT2D eigenvalue weighted by Crippen LogP contribution is 2.33. The maximum atomic E-state index is 13.3. The van der Waals surface area contributed by atoms with Gasteiger partial charge in [-0.05, 0) is 44.9 Å². The first-order chi connectivity index (χ1) is 38.3. The number of nitrogens with one attached hydrogen (secondary N) is 1. The van der Waals surface area contributed by atoms with Gasteiger partial charge in [0.25, 0.3) is 0 Å².